The van der Waals surface area contributed by atoms with Crippen LogP contribution in [0.1, 0.15) is 43.2 Å². The summed E-state index contributed by atoms with van der Waals surface area (Å²) < 4.78 is 2.00. The summed E-state index contributed by atoms with van der Waals surface area (Å²) in [5, 5.41) is 8.03. The zero-order valence-corrected chi connectivity index (χ0v) is 15.7. The second-order valence-corrected chi connectivity index (χ2v) is 7.81. The van der Waals surface area contributed by atoms with Crippen LogP contribution in [-0.2, 0) is 13.1 Å². The van der Waals surface area contributed by atoms with E-state index in [2.05, 4.69) is 50.8 Å². The van der Waals surface area contributed by atoms with Crippen molar-refractivity contribution in [1.29, 1.82) is 0 Å². The van der Waals surface area contributed by atoms with Crippen LogP contribution in [0.4, 0.5) is 0 Å². The van der Waals surface area contributed by atoms with Crippen LogP contribution in [0.15, 0.2) is 47.7 Å². The minimum Gasteiger partial charge on any atom is -0.352 e. The summed E-state index contributed by atoms with van der Waals surface area (Å²) in [6, 6.07) is 10.4. The van der Waals surface area contributed by atoms with Crippen molar-refractivity contribution in [2.24, 2.45) is 10.4 Å². The molecule has 26 heavy (non-hydrogen) atoms. The second-order valence-electron chi connectivity index (χ2n) is 7.81. The summed E-state index contributed by atoms with van der Waals surface area (Å²) >= 11 is 0. The Kier molecular flexibility index (Phi) is 4.96. The maximum Gasteiger partial charge on any atom is 0.193 e. The number of nitrogens with zero attached hydrogens (tertiary/aromatic N) is 4. The van der Waals surface area contributed by atoms with Crippen molar-refractivity contribution in [3.63, 3.8) is 0 Å². The Morgan fingerprint density at radius 1 is 1.15 bits per heavy atom. The molecule has 2 aliphatic rings. The van der Waals surface area contributed by atoms with Gasteiger partial charge >= 0.3 is 0 Å². The van der Waals surface area contributed by atoms with Gasteiger partial charge in [-0.05, 0) is 30.2 Å². The summed E-state index contributed by atoms with van der Waals surface area (Å²) in [4.78, 5) is 6.96. The first-order valence-corrected chi connectivity index (χ1v) is 9.77. The van der Waals surface area contributed by atoms with Crippen molar-refractivity contribution >= 4 is 5.96 Å². The molecule has 0 amide bonds. The van der Waals surface area contributed by atoms with E-state index in [1.165, 1.54) is 49.8 Å². The Balaban J connectivity index is 1.32. The normalized spacial score (nSPS) is 19.4. The molecule has 2 fully saturated rings. The van der Waals surface area contributed by atoms with E-state index in [4.69, 9.17) is 0 Å². The molecule has 1 saturated carbocycles. The average molecular weight is 351 g/mol. The number of likely N-dealkylation sites (tertiary alicyclic amines) is 1. The molecule has 1 aromatic heterocycles. The highest BCUT2D eigenvalue weighted by molar-refractivity contribution is 5.80. The van der Waals surface area contributed by atoms with Gasteiger partial charge in [0.2, 0.25) is 0 Å². The molecular formula is C21H29N5. The van der Waals surface area contributed by atoms with Gasteiger partial charge in [0, 0.05) is 38.4 Å². The number of rotatable bonds is 4. The summed E-state index contributed by atoms with van der Waals surface area (Å²) in [7, 11) is 1.89. The van der Waals surface area contributed by atoms with Crippen LogP contribution >= 0.6 is 0 Å². The van der Waals surface area contributed by atoms with E-state index in [1.807, 2.05) is 24.0 Å². The van der Waals surface area contributed by atoms with Gasteiger partial charge in [0.05, 0.1) is 12.7 Å². The lowest BCUT2D eigenvalue weighted by Gasteiger charge is -2.25. The summed E-state index contributed by atoms with van der Waals surface area (Å²) in [5.41, 5.74) is 3.03. The molecular weight excluding hydrogens is 322 g/mol. The molecule has 5 heteroatoms. The fourth-order valence-electron chi connectivity index (χ4n) is 4.52. The van der Waals surface area contributed by atoms with Gasteiger partial charge in [0.1, 0.15) is 0 Å². The Labute approximate surface area is 156 Å². The molecule has 4 rings (SSSR count). The highest BCUT2D eigenvalue weighted by Gasteiger charge is 2.41. The predicted octanol–water partition coefficient (Wildman–Crippen LogP) is 3.27. The van der Waals surface area contributed by atoms with Crippen LogP contribution in [-0.4, -0.2) is 40.8 Å². The van der Waals surface area contributed by atoms with Crippen molar-refractivity contribution in [2.75, 3.05) is 20.1 Å². The standard InChI is InChI=1S/C21H29N5/c1-22-20(25-12-11-21(17-25)9-5-6-10-21)23-13-19-14-24-26(16-19)15-18-7-3-2-4-8-18/h2-4,7-8,14,16H,5-6,9-13,15,17H2,1H3,(H,22,23). The van der Waals surface area contributed by atoms with Crippen molar-refractivity contribution in [3.8, 4) is 0 Å². The highest BCUT2D eigenvalue weighted by atomic mass is 15.3. The molecule has 0 radical (unpaired) electrons. The third kappa shape index (κ3) is 3.76. The van der Waals surface area contributed by atoms with E-state index in [1.54, 1.807) is 0 Å². The van der Waals surface area contributed by atoms with Crippen molar-refractivity contribution in [3.05, 3.63) is 53.9 Å². The molecule has 1 spiro atoms. The molecule has 1 N–H and O–H groups in total. The van der Waals surface area contributed by atoms with E-state index < -0.39 is 0 Å². The molecule has 0 bridgehead atoms. The number of benzene rings is 1. The Hall–Kier alpha value is -2.30. The van der Waals surface area contributed by atoms with Gasteiger partial charge in [-0.15, -0.1) is 0 Å². The summed E-state index contributed by atoms with van der Waals surface area (Å²) in [5.74, 6) is 1.03. The SMILES string of the molecule is CN=C(NCc1cnn(Cc2ccccc2)c1)N1CCC2(CCCC2)C1. The van der Waals surface area contributed by atoms with Gasteiger partial charge in [-0.2, -0.15) is 5.10 Å². The molecule has 0 unspecified atom stereocenters. The second kappa shape index (κ2) is 7.52. The average Bonchev–Trinajstić information content (AvgIpc) is 3.40. The summed E-state index contributed by atoms with van der Waals surface area (Å²) in [6.07, 6.45) is 11.0. The minimum atomic E-state index is 0.568. The topological polar surface area (TPSA) is 45.5 Å². The third-order valence-corrected chi connectivity index (χ3v) is 5.94. The van der Waals surface area contributed by atoms with Crippen molar-refractivity contribution < 1.29 is 0 Å². The van der Waals surface area contributed by atoms with Crippen LogP contribution in [0.5, 0.6) is 0 Å². The fraction of sp³-hybridized carbons (Fsp3) is 0.524. The molecule has 1 aliphatic carbocycles. The van der Waals surface area contributed by atoms with Crippen molar-refractivity contribution in [2.45, 2.75) is 45.2 Å². The van der Waals surface area contributed by atoms with Crippen LogP contribution in [0, 0.1) is 5.41 Å². The lowest BCUT2D eigenvalue weighted by molar-refractivity contribution is 0.309. The number of aromatic nitrogens is 2. The number of guanidine groups is 1. The molecule has 1 saturated heterocycles. The number of hydrogen-bond acceptors (Lipinski definition) is 2. The molecule has 5 nitrogen and oxygen atoms in total. The van der Waals surface area contributed by atoms with Crippen LogP contribution in [0.3, 0.4) is 0 Å². The van der Waals surface area contributed by atoms with Crippen molar-refractivity contribution in [1.82, 2.24) is 20.0 Å². The van der Waals surface area contributed by atoms with E-state index in [9.17, 15) is 0 Å². The fourth-order valence-corrected chi connectivity index (χ4v) is 4.52. The van der Waals surface area contributed by atoms with Gasteiger partial charge in [-0.25, -0.2) is 0 Å². The molecule has 1 aromatic carbocycles. The smallest absolute Gasteiger partial charge is 0.193 e. The molecule has 2 aromatic rings. The molecule has 138 valence electrons. The van der Waals surface area contributed by atoms with Gasteiger partial charge in [-0.3, -0.25) is 9.67 Å². The molecule has 2 heterocycles. The lowest BCUT2D eigenvalue weighted by Crippen LogP contribution is -2.40. The van der Waals surface area contributed by atoms with Crippen LogP contribution in [0.25, 0.3) is 0 Å². The van der Waals surface area contributed by atoms with E-state index in [0.717, 1.165) is 25.6 Å². The largest absolute Gasteiger partial charge is 0.352 e. The monoisotopic (exact) mass is 351 g/mol. The van der Waals surface area contributed by atoms with E-state index in [-0.39, 0.29) is 0 Å². The number of hydrogen-bond donors (Lipinski definition) is 1. The van der Waals surface area contributed by atoms with Gasteiger partial charge in [0.25, 0.3) is 0 Å². The Morgan fingerprint density at radius 3 is 2.73 bits per heavy atom. The maximum absolute atomic E-state index is 4.52. The van der Waals surface area contributed by atoms with E-state index in [0.29, 0.717) is 5.41 Å². The molecule has 0 atom stereocenters. The summed E-state index contributed by atoms with van der Waals surface area (Å²) in [6.45, 7) is 3.88. The number of aliphatic imine (C=N–C) groups is 1. The van der Waals surface area contributed by atoms with Crippen LogP contribution in [0.2, 0.25) is 0 Å². The zero-order chi connectivity index (χ0) is 17.8. The van der Waals surface area contributed by atoms with Gasteiger partial charge in [-0.1, -0.05) is 43.2 Å². The Morgan fingerprint density at radius 2 is 1.96 bits per heavy atom. The van der Waals surface area contributed by atoms with E-state index >= 15 is 0 Å². The first kappa shape index (κ1) is 17.1. The minimum absolute atomic E-state index is 0.568. The maximum atomic E-state index is 4.52. The van der Waals surface area contributed by atoms with Gasteiger partial charge in [0.15, 0.2) is 5.96 Å². The highest BCUT2D eigenvalue weighted by Crippen LogP contribution is 2.45. The third-order valence-electron chi connectivity index (χ3n) is 5.94. The number of nitrogens with one attached hydrogen (secondary N) is 1. The first-order chi connectivity index (χ1) is 12.8. The Bertz CT molecular complexity index is 743. The van der Waals surface area contributed by atoms with Crippen LogP contribution < -0.4 is 5.32 Å². The lowest BCUT2D eigenvalue weighted by atomic mass is 9.86. The zero-order valence-electron chi connectivity index (χ0n) is 15.7. The predicted molar refractivity (Wildman–Crippen MR) is 105 cm³/mol. The molecule has 1 aliphatic heterocycles. The first-order valence-electron chi connectivity index (χ1n) is 9.77. The van der Waals surface area contributed by atoms with Gasteiger partial charge < -0.3 is 10.2 Å². The quantitative estimate of drug-likeness (QED) is 0.679.